The largest absolute Gasteiger partial charge is 0.127 e. The molecule has 0 N–H and O–H groups in total. The zero-order valence-electron chi connectivity index (χ0n) is 15.8. The molecule has 0 aromatic carbocycles. The first-order chi connectivity index (χ1) is 11.3. The van der Waals surface area contributed by atoms with Gasteiger partial charge in [0.05, 0.1) is 0 Å². The SMILES string of the molecule is CCCCCCCCCCCCCCCCCCC(Cl)CCCl. The molecule has 0 spiro atoms. The van der Waals surface area contributed by atoms with Crippen molar-refractivity contribution in [3.05, 3.63) is 0 Å². The van der Waals surface area contributed by atoms with E-state index in [0.29, 0.717) is 11.3 Å². The maximum atomic E-state index is 6.16. The Bertz CT molecular complexity index is 206. The lowest BCUT2D eigenvalue weighted by molar-refractivity contribution is 0.525. The molecule has 0 aromatic heterocycles. The number of hydrogen-bond donors (Lipinski definition) is 0. The average Bonchev–Trinajstić information content (AvgIpc) is 2.54. The maximum absolute atomic E-state index is 6.16. The van der Waals surface area contributed by atoms with Crippen molar-refractivity contribution in [2.24, 2.45) is 0 Å². The summed E-state index contributed by atoms with van der Waals surface area (Å²) in [5.41, 5.74) is 0. The van der Waals surface area contributed by atoms with Crippen LogP contribution in [-0.2, 0) is 0 Å². The summed E-state index contributed by atoms with van der Waals surface area (Å²) in [6, 6.07) is 0. The molecule has 0 amide bonds. The van der Waals surface area contributed by atoms with Gasteiger partial charge in [0.25, 0.3) is 0 Å². The highest BCUT2D eigenvalue weighted by atomic mass is 35.5. The number of hydrogen-bond acceptors (Lipinski definition) is 0. The molecule has 0 aliphatic heterocycles. The third-order valence-corrected chi connectivity index (χ3v) is 5.45. The number of halogens is 2. The minimum Gasteiger partial charge on any atom is -0.127 e. The van der Waals surface area contributed by atoms with Crippen LogP contribution in [-0.4, -0.2) is 11.3 Å². The van der Waals surface area contributed by atoms with Gasteiger partial charge in [0.2, 0.25) is 0 Å². The highest BCUT2D eigenvalue weighted by molar-refractivity contribution is 6.22. The second-order valence-corrected chi connectivity index (χ2v) is 8.16. The summed E-state index contributed by atoms with van der Waals surface area (Å²) in [4.78, 5) is 0. The van der Waals surface area contributed by atoms with Gasteiger partial charge < -0.3 is 0 Å². The normalized spacial score (nSPS) is 12.7. The summed E-state index contributed by atoms with van der Waals surface area (Å²) in [5.74, 6) is 0.701. The van der Waals surface area contributed by atoms with E-state index in [2.05, 4.69) is 6.92 Å². The van der Waals surface area contributed by atoms with E-state index in [1.54, 1.807) is 0 Å². The van der Waals surface area contributed by atoms with Gasteiger partial charge in [-0.25, -0.2) is 0 Å². The molecule has 1 unspecified atom stereocenters. The first kappa shape index (κ1) is 23.6. The lowest BCUT2D eigenvalue weighted by Gasteiger charge is -2.07. The molecule has 0 heterocycles. The van der Waals surface area contributed by atoms with E-state index >= 15 is 0 Å². The van der Waals surface area contributed by atoms with Gasteiger partial charge >= 0.3 is 0 Å². The monoisotopic (exact) mass is 364 g/mol. The van der Waals surface area contributed by atoms with Crippen molar-refractivity contribution in [2.45, 2.75) is 128 Å². The van der Waals surface area contributed by atoms with Crippen LogP contribution in [0.2, 0.25) is 0 Å². The molecule has 0 radical (unpaired) electrons. The van der Waals surface area contributed by atoms with Crippen LogP contribution in [0.1, 0.15) is 122 Å². The molecule has 140 valence electrons. The van der Waals surface area contributed by atoms with Crippen molar-refractivity contribution >= 4 is 23.2 Å². The van der Waals surface area contributed by atoms with E-state index in [1.807, 2.05) is 0 Å². The van der Waals surface area contributed by atoms with E-state index in [9.17, 15) is 0 Å². The zero-order valence-corrected chi connectivity index (χ0v) is 17.3. The predicted molar refractivity (Wildman–Crippen MR) is 109 cm³/mol. The van der Waals surface area contributed by atoms with Crippen LogP contribution in [0.4, 0.5) is 0 Å². The van der Waals surface area contributed by atoms with Gasteiger partial charge in [0.1, 0.15) is 0 Å². The van der Waals surface area contributed by atoms with Gasteiger partial charge in [-0.15, -0.1) is 23.2 Å². The second kappa shape index (κ2) is 20.6. The van der Waals surface area contributed by atoms with Crippen LogP contribution in [0.25, 0.3) is 0 Å². The Kier molecular flexibility index (Phi) is 21.1. The summed E-state index contributed by atoms with van der Waals surface area (Å²) in [7, 11) is 0. The maximum Gasteiger partial charge on any atom is 0.0347 e. The van der Waals surface area contributed by atoms with Gasteiger partial charge in [-0.2, -0.15) is 0 Å². The summed E-state index contributed by atoms with van der Waals surface area (Å²) in [6.07, 6.45) is 24.9. The van der Waals surface area contributed by atoms with Gasteiger partial charge in [-0.3, -0.25) is 0 Å². The van der Waals surface area contributed by atoms with E-state index in [1.165, 1.54) is 103 Å². The van der Waals surface area contributed by atoms with Crippen LogP contribution in [0.3, 0.4) is 0 Å². The van der Waals surface area contributed by atoms with Crippen LogP contribution < -0.4 is 0 Å². The van der Waals surface area contributed by atoms with Crippen molar-refractivity contribution in [3.8, 4) is 0 Å². The molecule has 1 atom stereocenters. The summed E-state index contributed by atoms with van der Waals surface area (Å²) < 4.78 is 0. The molecule has 0 saturated heterocycles. The van der Waals surface area contributed by atoms with Gasteiger partial charge in [-0.05, 0) is 12.8 Å². The first-order valence-corrected chi connectivity index (χ1v) is 11.5. The van der Waals surface area contributed by atoms with Crippen LogP contribution in [0.5, 0.6) is 0 Å². The van der Waals surface area contributed by atoms with E-state index in [0.717, 1.165) is 12.8 Å². The molecular formula is C21H42Cl2. The number of rotatable bonds is 19. The zero-order chi connectivity index (χ0) is 17.0. The quantitative estimate of drug-likeness (QED) is 0.158. The third kappa shape index (κ3) is 20.5. The Morgan fingerprint density at radius 1 is 0.522 bits per heavy atom. The Morgan fingerprint density at radius 3 is 1.22 bits per heavy atom. The van der Waals surface area contributed by atoms with Crippen LogP contribution >= 0.6 is 23.2 Å². The van der Waals surface area contributed by atoms with Crippen LogP contribution in [0, 0.1) is 0 Å². The van der Waals surface area contributed by atoms with Gasteiger partial charge in [-0.1, -0.05) is 110 Å². The van der Waals surface area contributed by atoms with Crippen molar-refractivity contribution in [2.75, 3.05) is 5.88 Å². The fourth-order valence-corrected chi connectivity index (χ4v) is 3.82. The second-order valence-electron chi connectivity index (χ2n) is 7.17. The van der Waals surface area contributed by atoms with E-state index in [4.69, 9.17) is 23.2 Å². The molecule has 0 nitrogen and oxygen atoms in total. The Morgan fingerprint density at radius 2 is 0.870 bits per heavy atom. The molecule has 23 heavy (non-hydrogen) atoms. The highest BCUT2D eigenvalue weighted by Crippen LogP contribution is 2.16. The fourth-order valence-electron chi connectivity index (χ4n) is 3.18. The summed E-state index contributed by atoms with van der Waals surface area (Å²) >= 11 is 11.8. The number of unbranched alkanes of at least 4 members (excludes halogenated alkanes) is 15. The lowest BCUT2D eigenvalue weighted by Crippen LogP contribution is -1.98. The smallest absolute Gasteiger partial charge is 0.0347 e. The topological polar surface area (TPSA) is 0 Å². The molecule has 0 fully saturated rings. The summed E-state index contributed by atoms with van der Waals surface area (Å²) in [5, 5.41) is 0.305. The van der Waals surface area contributed by atoms with E-state index in [-0.39, 0.29) is 0 Å². The first-order valence-electron chi connectivity index (χ1n) is 10.5. The molecule has 2 heteroatoms. The molecular weight excluding hydrogens is 323 g/mol. The van der Waals surface area contributed by atoms with Crippen molar-refractivity contribution in [1.82, 2.24) is 0 Å². The predicted octanol–water partition coefficient (Wildman–Crippen LogP) is 8.87. The van der Waals surface area contributed by atoms with Crippen LogP contribution in [0.15, 0.2) is 0 Å². The third-order valence-electron chi connectivity index (χ3n) is 4.79. The summed E-state index contributed by atoms with van der Waals surface area (Å²) in [6.45, 7) is 2.29. The highest BCUT2D eigenvalue weighted by Gasteiger charge is 2.02. The minimum absolute atomic E-state index is 0.305. The molecule has 0 rings (SSSR count). The Labute approximate surface area is 157 Å². The molecule has 0 bridgehead atoms. The lowest BCUT2D eigenvalue weighted by atomic mass is 10.0. The van der Waals surface area contributed by atoms with Crippen molar-refractivity contribution < 1.29 is 0 Å². The van der Waals surface area contributed by atoms with Gasteiger partial charge in [0.15, 0.2) is 0 Å². The molecule has 0 aliphatic carbocycles. The minimum atomic E-state index is 0.305. The van der Waals surface area contributed by atoms with E-state index < -0.39 is 0 Å². The average molecular weight is 365 g/mol. The number of alkyl halides is 2. The van der Waals surface area contributed by atoms with Gasteiger partial charge in [0, 0.05) is 11.3 Å². The molecule has 0 saturated carbocycles. The fraction of sp³-hybridized carbons (Fsp3) is 1.00. The Hall–Kier alpha value is 0.580. The Balaban J connectivity index is 3.00. The molecule has 0 aliphatic rings. The molecule has 0 aromatic rings. The van der Waals surface area contributed by atoms with Crippen molar-refractivity contribution in [1.29, 1.82) is 0 Å². The standard InChI is InChI=1S/C21H42Cl2/c1-2-3-4-5-6-7-8-9-10-11-12-13-14-15-16-17-18-21(23)19-20-22/h21H,2-20H2,1H3. The van der Waals surface area contributed by atoms with Crippen molar-refractivity contribution in [3.63, 3.8) is 0 Å².